The SMILES string of the molecule is NC(=O)ONCCCCCCN=C=O. The Morgan fingerprint density at radius 1 is 1.36 bits per heavy atom. The van der Waals surface area contributed by atoms with Crippen molar-refractivity contribution >= 4 is 12.2 Å². The number of nitrogens with two attached hydrogens (primary N) is 1. The normalized spacial score (nSPS) is 9.14. The summed E-state index contributed by atoms with van der Waals surface area (Å²) in [6.45, 7) is 1.12. The Bertz CT molecular complexity index is 194. The Morgan fingerprint density at radius 2 is 2.07 bits per heavy atom. The molecule has 0 aliphatic carbocycles. The fourth-order valence-electron chi connectivity index (χ4n) is 0.909. The second-order valence-corrected chi connectivity index (χ2v) is 2.70. The summed E-state index contributed by atoms with van der Waals surface area (Å²) in [5, 5.41) is 0. The van der Waals surface area contributed by atoms with Crippen LogP contribution in [0, 0.1) is 0 Å². The summed E-state index contributed by atoms with van der Waals surface area (Å²) in [6.07, 6.45) is 4.40. The van der Waals surface area contributed by atoms with Crippen LogP contribution in [0.25, 0.3) is 0 Å². The third-order valence-electron chi connectivity index (χ3n) is 1.54. The number of aliphatic imine (C=N–C) groups is 1. The van der Waals surface area contributed by atoms with Gasteiger partial charge < -0.3 is 10.6 Å². The van der Waals surface area contributed by atoms with E-state index in [-0.39, 0.29) is 0 Å². The van der Waals surface area contributed by atoms with Crippen LogP contribution in [0.3, 0.4) is 0 Å². The largest absolute Gasteiger partial charge is 0.423 e. The van der Waals surface area contributed by atoms with Crippen LogP contribution in [0.15, 0.2) is 4.99 Å². The van der Waals surface area contributed by atoms with Gasteiger partial charge in [-0.15, -0.1) is 0 Å². The van der Waals surface area contributed by atoms with Crippen LogP contribution in [-0.4, -0.2) is 25.3 Å². The standard InChI is InChI=1S/C8H15N3O3/c9-8(13)14-11-6-4-2-1-3-5-10-7-12/h11H,1-6H2,(H2,9,13). The number of carbonyl (C=O) groups excluding carboxylic acids is 2. The number of primary amides is 1. The predicted molar refractivity (Wildman–Crippen MR) is 50.1 cm³/mol. The van der Waals surface area contributed by atoms with Gasteiger partial charge in [0.1, 0.15) is 0 Å². The van der Waals surface area contributed by atoms with Crippen LogP contribution < -0.4 is 11.2 Å². The molecule has 80 valence electrons. The van der Waals surface area contributed by atoms with Gasteiger partial charge in [0.05, 0.1) is 6.54 Å². The van der Waals surface area contributed by atoms with Crippen molar-refractivity contribution in [3.63, 3.8) is 0 Å². The Kier molecular flexibility index (Phi) is 8.73. The Balaban J connectivity index is 2.99. The molecule has 0 unspecified atom stereocenters. The van der Waals surface area contributed by atoms with Crippen molar-refractivity contribution < 1.29 is 14.4 Å². The van der Waals surface area contributed by atoms with Crippen LogP contribution >= 0.6 is 0 Å². The maximum Gasteiger partial charge on any atom is 0.423 e. The summed E-state index contributed by atoms with van der Waals surface area (Å²) in [7, 11) is 0. The number of hydroxylamine groups is 1. The molecule has 0 bridgehead atoms. The van der Waals surface area contributed by atoms with Crippen molar-refractivity contribution in [2.75, 3.05) is 13.1 Å². The Morgan fingerprint density at radius 3 is 2.71 bits per heavy atom. The number of nitrogens with one attached hydrogen (secondary N) is 1. The molecule has 3 N–H and O–H groups in total. The monoisotopic (exact) mass is 201 g/mol. The van der Waals surface area contributed by atoms with Gasteiger partial charge in [0.2, 0.25) is 6.08 Å². The van der Waals surface area contributed by atoms with Crippen LogP contribution in [0.5, 0.6) is 0 Å². The molecule has 0 heterocycles. The highest BCUT2D eigenvalue weighted by Crippen LogP contribution is 1.98. The number of isocyanates is 1. The van der Waals surface area contributed by atoms with Crippen LogP contribution in [-0.2, 0) is 9.63 Å². The highest BCUT2D eigenvalue weighted by Gasteiger charge is 1.92. The van der Waals surface area contributed by atoms with Crippen molar-refractivity contribution in [2.24, 2.45) is 10.7 Å². The molecule has 1 amide bonds. The minimum Gasteiger partial charge on any atom is -0.354 e. The molecule has 0 radical (unpaired) electrons. The van der Waals surface area contributed by atoms with Gasteiger partial charge >= 0.3 is 6.09 Å². The summed E-state index contributed by atoms with van der Waals surface area (Å²) in [4.78, 5) is 27.5. The smallest absolute Gasteiger partial charge is 0.354 e. The van der Waals surface area contributed by atoms with E-state index in [0.29, 0.717) is 13.1 Å². The summed E-state index contributed by atoms with van der Waals surface area (Å²) >= 11 is 0. The first kappa shape index (κ1) is 12.6. The first-order chi connectivity index (χ1) is 6.77. The molecule has 0 aromatic heterocycles. The minimum absolute atomic E-state index is 0.536. The first-order valence-corrected chi connectivity index (χ1v) is 4.50. The fraction of sp³-hybridized carbons (Fsp3) is 0.750. The third kappa shape index (κ3) is 10.6. The minimum atomic E-state index is -0.828. The summed E-state index contributed by atoms with van der Waals surface area (Å²) in [5.74, 6) is 0. The first-order valence-electron chi connectivity index (χ1n) is 4.50. The molecule has 6 nitrogen and oxygen atoms in total. The maximum absolute atomic E-state index is 10.1. The van der Waals surface area contributed by atoms with Crippen LogP contribution in [0.1, 0.15) is 25.7 Å². The van der Waals surface area contributed by atoms with E-state index in [4.69, 9.17) is 5.73 Å². The molecule has 0 spiro atoms. The predicted octanol–water partition coefficient (Wildman–Crippen LogP) is 0.482. The van der Waals surface area contributed by atoms with E-state index in [0.717, 1.165) is 25.7 Å². The molecule has 0 saturated carbocycles. The quantitative estimate of drug-likeness (QED) is 0.258. The second kappa shape index (κ2) is 9.70. The van der Waals surface area contributed by atoms with Gasteiger partial charge in [0.15, 0.2) is 0 Å². The van der Waals surface area contributed by atoms with Crippen molar-refractivity contribution in [1.29, 1.82) is 0 Å². The lowest BCUT2D eigenvalue weighted by atomic mass is 10.2. The average Bonchev–Trinajstić information content (AvgIpc) is 2.15. The molecule has 0 aliphatic rings. The second-order valence-electron chi connectivity index (χ2n) is 2.70. The lowest BCUT2D eigenvalue weighted by Crippen LogP contribution is -2.25. The zero-order chi connectivity index (χ0) is 10.6. The zero-order valence-corrected chi connectivity index (χ0v) is 7.99. The molecule has 0 fully saturated rings. The molecule has 0 atom stereocenters. The van der Waals surface area contributed by atoms with E-state index in [1.165, 1.54) is 6.08 Å². The van der Waals surface area contributed by atoms with Crippen molar-refractivity contribution in [3.05, 3.63) is 0 Å². The molecular weight excluding hydrogens is 186 g/mol. The number of nitrogens with zero attached hydrogens (tertiary/aromatic N) is 1. The maximum atomic E-state index is 10.1. The van der Waals surface area contributed by atoms with Gasteiger partial charge in [0.25, 0.3) is 0 Å². The number of hydrogen-bond donors (Lipinski definition) is 2. The topological polar surface area (TPSA) is 93.8 Å². The molecule has 0 aliphatic heterocycles. The van der Waals surface area contributed by atoms with Crippen molar-refractivity contribution in [3.8, 4) is 0 Å². The molecule has 14 heavy (non-hydrogen) atoms. The van der Waals surface area contributed by atoms with Crippen molar-refractivity contribution in [1.82, 2.24) is 5.48 Å². The van der Waals surface area contributed by atoms with Crippen molar-refractivity contribution in [2.45, 2.75) is 25.7 Å². The summed E-state index contributed by atoms with van der Waals surface area (Å²) in [6, 6.07) is 0. The highest BCUT2D eigenvalue weighted by atomic mass is 16.7. The molecule has 0 rings (SSSR count). The van der Waals surface area contributed by atoms with E-state index in [2.05, 4.69) is 15.3 Å². The molecule has 0 aromatic rings. The van der Waals surface area contributed by atoms with Crippen LogP contribution in [0.4, 0.5) is 4.79 Å². The fourth-order valence-corrected chi connectivity index (χ4v) is 0.909. The van der Waals surface area contributed by atoms with Crippen LogP contribution in [0.2, 0.25) is 0 Å². The van der Waals surface area contributed by atoms with E-state index in [1.54, 1.807) is 0 Å². The van der Waals surface area contributed by atoms with Gasteiger partial charge in [-0.25, -0.2) is 14.6 Å². The summed E-state index contributed by atoms with van der Waals surface area (Å²) in [5.41, 5.74) is 7.14. The van der Waals surface area contributed by atoms with Gasteiger partial charge in [-0.1, -0.05) is 12.8 Å². The number of carbonyl (C=O) groups is 1. The van der Waals surface area contributed by atoms with E-state index in [1.807, 2.05) is 0 Å². The molecule has 6 heteroatoms. The van der Waals surface area contributed by atoms with Gasteiger partial charge in [-0.05, 0) is 12.8 Å². The molecule has 0 aromatic carbocycles. The molecule has 0 saturated heterocycles. The number of unbranched alkanes of at least 4 members (excludes halogenated alkanes) is 3. The van der Waals surface area contributed by atoms with Gasteiger partial charge in [-0.2, -0.15) is 5.48 Å². The third-order valence-corrected chi connectivity index (χ3v) is 1.54. The number of rotatable bonds is 8. The average molecular weight is 201 g/mol. The number of amides is 1. The Labute approximate surface area is 82.5 Å². The van der Waals surface area contributed by atoms with E-state index in [9.17, 15) is 9.59 Å². The van der Waals surface area contributed by atoms with E-state index >= 15 is 0 Å². The van der Waals surface area contributed by atoms with Gasteiger partial charge in [0, 0.05) is 6.54 Å². The Hall–Kier alpha value is -1.39. The summed E-state index contributed by atoms with van der Waals surface area (Å²) < 4.78 is 0. The lowest BCUT2D eigenvalue weighted by molar-refractivity contribution is 0.0977. The number of hydrogen-bond acceptors (Lipinski definition) is 5. The van der Waals surface area contributed by atoms with E-state index < -0.39 is 6.09 Å². The lowest BCUT2D eigenvalue weighted by Gasteiger charge is -2.02. The zero-order valence-electron chi connectivity index (χ0n) is 7.99. The van der Waals surface area contributed by atoms with Gasteiger partial charge in [-0.3, -0.25) is 0 Å². The highest BCUT2D eigenvalue weighted by molar-refractivity contribution is 5.64. The molecular formula is C8H15N3O3.